The molecule has 0 radical (unpaired) electrons. The van der Waals surface area contributed by atoms with Gasteiger partial charge in [0.15, 0.2) is 0 Å². The van der Waals surface area contributed by atoms with E-state index in [-0.39, 0.29) is 17.7 Å². The number of benzene rings is 1. The van der Waals surface area contributed by atoms with Gasteiger partial charge in [-0.3, -0.25) is 0 Å². The second kappa shape index (κ2) is 8.19. The summed E-state index contributed by atoms with van der Waals surface area (Å²) in [7, 11) is -1.14. The van der Waals surface area contributed by atoms with E-state index in [1.54, 1.807) is 19.1 Å². The number of ether oxygens (including phenoxy) is 1. The molecule has 0 unspecified atom stereocenters. The van der Waals surface area contributed by atoms with Gasteiger partial charge >= 0.3 is 0 Å². The molecule has 1 saturated heterocycles. The molecule has 7 heteroatoms. The molecule has 1 aromatic rings. The highest BCUT2D eigenvalue weighted by atomic mass is 32.2. The molecule has 2 atom stereocenters. The summed E-state index contributed by atoms with van der Waals surface area (Å²) in [5.74, 6) is -0.151. The van der Waals surface area contributed by atoms with E-state index in [1.165, 1.54) is 12.1 Å². The highest BCUT2D eigenvalue weighted by molar-refractivity contribution is 7.89. The van der Waals surface area contributed by atoms with Gasteiger partial charge in [0.05, 0.1) is 11.9 Å². The summed E-state index contributed by atoms with van der Waals surface area (Å²) in [5.41, 5.74) is 0.983. The van der Waals surface area contributed by atoms with Crippen molar-refractivity contribution in [1.29, 1.82) is 0 Å². The molecule has 0 aliphatic carbocycles. The lowest BCUT2D eigenvalue weighted by Gasteiger charge is -2.35. The van der Waals surface area contributed by atoms with Gasteiger partial charge in [-0.25, -0.2) is 17.5 Å². The van der Waals surface area contributed by atoms with Crippen LogP contribution >= 0.6 is 0 Å². The Hall–Kier alpha value is -1.02. The molecule has 5 nitrogen and oxygen atoms in total. The van der Waals surface area contributed by atoms with Crippen molar-refractivity contribution in [1.82, 2.24) is 9.62 Å². The van der Waals surface area contributed by atoms with Gasteiger partial charge in [0.2, 0.25) is 10.0 Å². The van der Waals surface area contributed by atoms with Crippen molar-refractivity contribution in [2.75, 3.05) is 32.5 Å². The topological polar surface area (TPSA) is 58.6 Å². The first-order valence-corrected chi connectivity index (χ1v) is 9.61. The molecule has 1 aliphatic rings. The van der Waals surface area contributed by atoms with Crippen LogP contribution in [0.4, 0.5) is 4.39 Å². The fraction of sp³-hybridized carbons (Fsp3) is 0.625. The summed E-state index contributed by atoms with van der Waals surface area (Å²) in [4.78, 5) is 2.16. The first-order chi connectivity index (χ1) is 10.9. The summed E-state index contributed by atoms with van der Waals surface area (Å²) >= 11 is 0. The van der Waals surface area contributed by atoms with Gasteiger partial charge in [-0.1, -0.05) is 12.1 Å². The van der Waals surface area contributed by atoms with E-state index >= 15 is 0 Å². The van der Waals surface area contributed by atoms with Crippen LogP contribution in [0.1, 0.15) is 31.4 Å². The van der Waals surface area contributed by atoms with Gasteiger partial charge in [-0.2, -0.15) is 0 Å². The van der Waals surface area contributed by atoms with E-state index in [0.29, 0.717) is 25.7 Å². The smallest absolute Gasteiger partial charge is 0.211 e. The Labute approximate surface area is 137 Å². The summed E-state index contributed by atoms with van der Waals surface area (Å²) in [6.07, 6.45) is 1.70. The third kappa shape index (κ3) is 5.53. The van der Waals surface area contributed by atoms with E-state index in [4.69, 9.17) is 4.74 Å². The van der Waals surface area contributed by atoms with Gasteiger partial charge in [0.1, 0.15) is 5.82 Å². The highest BCUT2D eigenvalue weighted by Crippen LogP contribution is 2.30. The van der Waals surface area contributed by atoms with Crippen LogP contribution in [0, 0.1) is 5.82 Å². The van der Waals surface area contributed by atoms with Gasteiger partial charge in [0, 0.05) is 25.7 Å². The Morgan fingerprint density at radius 2 is 2.04 bits per heavy atom. The first-order valence-electron chi connectivity index (χ1n) is 7.96. The molecule has 1 aromatic carbocycles. The third-order valence-electron chi connectivity index (χ3n) is 4.29. The molecule has 1 aliphatic heterocycles. The SMILES string of the molecule is CCS(=O)(=O)NCCN(C)[C@H]1CCO[C@@H](c2ccc(F)cc2)C1. The standard InChI is InChI=1S/C16H25FN2O3S/c1-3-23(20,21)18-9-10-19(2)15-8-11-22-16(12-15)13-4-6-14(17)7-5-13/h4-7,15-16,18H,3,8-12H2,1-2H3/t15-,16+/m0/s1. The zero-order valence-electron chi connectivity index (χ0n) is 13.7. The monoisotopic (exact) mass is 344 g/mol. The lowest BCUT2D eigenvalue weighted by Crippen LogP contribution is -2.42. The van der Waals surface area contributed by atoms with Crippen molar-refractivity contribution in [3.63, 3.8) is 0 Å². The molecule has 2 rings (SSSR count). The molecule has 0 bridgehead atoms. The fourth-order valence-electron chi connectivity index (χ4n) is 2.75. The molecular weight excluding hydrogens is 319 g/mol. The van der Waals surface area contributed by atoms with Crippen molar-refractivity contribution >= 4 is 10.0 Å². The van der Waals surface area contributed by atoms with Crippen molar-refractivity contribution in [3.8, 4) is 0 Å². The number of nitrogens with one attached hydrogen (secondary N) is 1. The quantitative estimate of drug-likeness (QED) is 0.821. The molecule has 1 heterocycles. The number of likely N-dealkylation sites (N-methyl/N-ethyl adjacent to an activating group) is 1. The Bertz CT molecular complexity index is 592. The average molecular weight is 344 g/mol. The molecule has 0 saturated carbocycles. The molecule has 1 fully saturated rings. The minimum atomic E-state index is -3.14. The molecule has 130 valence electrons. The maximum absolute atomic E-state index is 13.0. The van der Waals surface area contributed by atoms with Crippen LogP contribution in [0.2, 0.25) is 0 Å². The first kappa shape index (κ1) is 18.3. The zero-order valence-corrected chi connectivity index (χ0v) is 14.5. The summed E-state index contributed by atoms with van der Waals surface area (Å²) in [6, 6.07) is 6.75. The maximum atomic E-state index is 13.0. The summed E-state index contributed by atoms with van der Waals surface area (Å²) in [6.45, 7) is 3.33. The fourth-order valence-corrected chi connectivity index (χ4v) is 3.36. The lowest BCUT2D eigenvalue weighted by molar-refractivity contribution is -0.0229. The molecule has 0 amide bonds. The number of hydrogen-bond donors (Lipinski definition) is 1. The van der Waals surface area contributed by atoms with Crippen molar-refractivity contribution in [3.05, 3.63) is 35.6 Å². The maximum Gasteiger partial charge on any atom is 0.211 e. The minimum absolute atomic E-state index is 0.0378. The molecule has 0 spiro atoms. The number of hydrogen-bond acceptors (Lipinski definition) is 4. The van der Waals surface area contributed by atoms with Crippen LogP contribution in [-0.2, 0) is 14.8 Å². The number of rotatable bonds is 7. The van der Waals surface area contributed by atoms with Crippen LogP contribution in [0.3, 0.4) is 0 Å². The van der Waals surface area contributed by atoms with Crippen LogP contribution in [0.25, 0.3) is 0 Å². The van der Waals surface area contributed by atoms with E-state index in [0.717, 1.165) is 18.4 Å². The van der Waals surface area contributed by atoms with Crippen LogP contribution in [0.15, 0.2) is 24.3 Å². The highest BCUT2D eigenvalue weighted by Gasteiger charge is 2.26. The summed E-state index contributed by atoms with van der Waals surface area (Å²) < 4.78 is 44.3. The predicted octanol–water partition coefficient (Wildman–Crippen LogP) is 1.92. The lowest BCUT2D eigenvalue weighted by atomic mass is 9.96. The second-order valence-electron chi connectivity index (χ2n) is 5.87. The third-order valence-corrected chi connectivity index (χ3v) is 5.69. The van der Waals surface area contributed by atoms with Crippen molar-refractivity contribution in [2.45, 2.75) is 31.9 Å². The van der Waals surface area contributed by atoms with Crippen LogP contribution in [0.5, 0.6) is 0 Å². The Morgan fingerprint density at radius 3 is 2.70 bits per heavy atom. The predicted molar refractivity (Wildman–Crippen MR) is 88.2 cm³/mol. The zero-order chi connectivity index (χ0) is 16.9. The van der Waals surface area contributed by atoms with Gasteiger partial charge in [-0.15, -0.1) is 0 Å². The average Bonchev–Trinajstić information content (AvgIpc) is 2.55. The van der Waals surface area contributed by atoms with Crippen LogP contribution < -0.4 is 4.72 Å². The van der Waals surface area contributed by atoms with E-state index < -0.39 is 10.0 Å². The normalized spacial score (nSPS) is 22.4. The largest absolute Gasteiger partial charge is 0.373 e. The van der Waals surface area contributed by atoms with E-state index in [1.807, 2.05) is 7.05 Å². The molecule has 1 N–H and O–H groups in total. The number of sulfonamides is 1. The minimum Gasteiger partial charge on any atom is -0.373 e. The molecular formula is C16H25FN2O3S. The Balaban J connectivity index is 1.86. The molecule has 0 aromatic heterocycles. The number of nitrogens with zero attached hydrogens (tertiary/aromatic N) is 1. The Kier molecular flexibility index (Phi) is 6.52. The van der Waals surface area contributed by atoms with Gasteiger partial charge in [-0.05, 0) is 44.5 Å². The van der Waals surface area contributed by atoms with E-state index in [2.05, 4.69) is 9.62 Å². The van der Waals surface area contributed by atoms with Crippen LogP contribution in [-0.4, -0.2) is 51.9 Å². The van der Waals surface area contributed by atoms with Gasteiger partial charge < -0.3 is 9.64 Å². The Morgan fingerprint density at radius 1 is 1.35 bits per heavy atom. The summed E-state index contributed by atoms with van der Waals surface area (Å²) in [5, 5.41) is 0. The van der Waals surface area contributed by atoms with E-state index in [9.17, 15) is 12.8 Å². The number of halogens is 1. The van der Waals surface area contributed by atoms with Gasteiger partial charge in [0.25, 0.3) is 0 Å². The second-order valence-corrected chi connectivity index (χ2v) is 7.96. The van der Waals surface area contributed by atoms with Crippen molar-refractivity contribution in [2.24, 2.45) is 0 Å². The van der Waals surface area contributed by atoms with Crippen molar-refractivity contribution < 1.29 is 17.5 Å². The molecule has 23 heavy (non-hydrogen) atoms.